The fourth-order valence-corrected chi connectivity index (χ4v) is 4.14. The smallest absolute Gasteiger partial charge is 0.432 e. The van der Waals surface area contributed by atoms with Crippen molar-refractivity contribution in [3.8, 4) is 5.75 Å². The number of piperidine rings is 1. The Morgan fingerprint density at radius 1 is 1.26 bits per heavy atom. The summed E-state index contributed by atoms with van der Waals surface area (Å²) in [5.74, 6) is -0.445. The van der Waals surface area contributed by atoms with E-state index in [1.807, 2.05) is 4.90 Å². The molecule has 0 radical (unpaired) electrons. The average Bonchev–Trinajstić information content (AvgIpc) is 2.77. The van der Waals surface area contributed by atoms with Crippen molar-refractivity contribution in [1.29, 1.82) is 0 Å². The summed E-state index contributed by atoms with van der Waals surface area (Å²) in [5.41, 5.74) is -3.20. The normalized spacial score (nSPS) is 16.3. The van der Waals surface area contributed by atoms with E-state index in [4.69, 9.17) is 27.9 Å². The van der Waals surface area contributed by atoms with Crippen LogP contribution in [0, 0.1) is 0 Å². The Balaban J connectivity index is 1.48. The van der Waals surface area contributed by atoms with Crippen molar-refractivity contribution in [2.75, 3.05) is 26.2 Å². The highest BCUT2D eigenvalue weighted by molar-refractivity contribution is 9.10. The number of alkyl halides is 3. The van der Waals surface area contributed by atoms with Crippen LogP contribution in [0.1, 0.15) is 28.9 Å². The van der Waals surface area contributed by atoms with Gasteiger partial charge in [-0.05, 0) is 47.0 Å². The highest BCUT2D eigenvalue weighted by Crippen LogP contribution is 2.30. The fourth-order valence-electron chi connectivity index (χ4n) is 3.53. The highest BCUT2D eigenvalue weighted by atomic mass is 79.9. The first kappa shape index (κ1) is 26.8. The van der Waals surface area contributed by atoms with Gasteiger partial charge in [0.05, 0.1) is 26.2 Å². The van der Waals surface area contributed by atoms with Gasteiger partial charge >= 0.3 is 6.18 Å². The van der Waals surface area contributed by atoms with Gasteiger partial charge in [0.2, 0.25) is 0 Å². The Morgan fingerprint density at radius 2 is 1.94 bits per heavy atom. The number of hydrogen-bond donors (Lipinski definition) is 3. The maximum atomic E-state index is 13.2. The van der Waals surface area contributed by atoms with Crippen molar-refractivity contribution in [2.45, 2.75) is 31.2 Å². The molecule has 1 fully saturated rings. The summed E-state index contributed by atoms with van der Waals surface area (Å²) in [6.45, 7) is 1.22. The molecule has 1 amide bonds. The number of carbonyl (C=O) groups excluding carboxylic acids is 1. The van der Waals surface area contributed by atoms with Gasteiger partial charge in [-0.1, -0.05) is 23.2 Å². The van der Waals surface area contributed by atoms with E-state index >= 15 is 0 Å². The molecular weight excluding hydrogens is 566 g/mol. The Kier molecular flexibility index (Phi) is 8.91. The number of β-amino-alcohol motifs (C(OH)–C–C–N with tert-alkyl or cyclic N) is 1. The summed E-state index contributed by atoms with van der Waals surface area (Å²) in [4.78, 5) is 27.5. The first-order valence-corrected chi connectivity index (χ1v) is 11.8. The summed E-state index contributed by atoms with van der Waals surface area (Å²) < 4.78 is 45.3. The maximum absolute atomic E-state index is 13.2. The molecule has 1 saturated heterocycles. The lowest BCUT2D eigenvalue weighted by Crippen LogP contribution is -2.45. The van der Waals surface area contributed by atoms with E-state index in [1.54, 1.807) is 23.2 Å². The predicted octanol–water partition coefficient (Wildman–Crippen LogP) is 4.10. The van der Waals surface area contributed by atoms with Gasteiger partial charge < -0.3 is 25.0 Å². The van der Waals surface area contributed by atoms with Gasteiger partial charge in [-0.25, -0.2) is 0 Å². The minimum Gasteiger partial charge on any atom is -0.490 e. The Labute approximate surface area is 211 Å². The number of pyridine rings is 1. The molecule has 1 atom stereocenters. The molecule has 13 heteroatoms. The molecule has 186 valence electrons. The molecule has 1 aromatic carbocycles. The van der Waals surface area contributed by atoms with Crippen LogP contribution in [0.3, 0.4) is 0 Å². The van der Waals surface area contributed by atoms with E-state index in [-0.39, 0.29) is 23.7 Å². The molecule has 7 nitrogen and oxygen atoms in total. The zero-order chi connectivity index (χ0) is 25.0. The molecule has 0 aliphatic carbocycles. The molecule has 1 aliphatic rings. The van der Waals surface area contributed by atoms with Crippen LogP contribution in [0.2, 0.25) is 10.0 Å². The Morgan fingerprint density at radius 3 is 2.56 bits per heavy atom. The summed E-state index contributed by atoms with van der Waals surface area (Å²) in [7, 11) is 0. The monoisotopic (exact) mass is 585 g/mol. The second-order valence-corrected chi connectivity index (χ2v) is 9.46. The number of carbonyl (C=O) groups is 1. The SMILES string of the molecule is O=C(NCC(O)CN1CCC(Oc2ccc(Cl)c(Cl)c2)CC1)c1cc(Br)c(=O)[nH]c1C(F)(F)F. The molecule has 0 bridgehead atoms. The van der Waals surface area contributed by atoms with Crippen LogP contribution < -0.4 is 15.6 Å². The third-order valence-electron chi connectivity index (χ3n) is 5.22. The highest BCUT2D eigenvalue weighted by Gasteiger charge is 2.37. The molecular formula is C21H21BrCl2F3N3O4. The third-order valence-corrected chi connectivity index (χ3v) is 6.55. The quantitative estimate of drug-likeness (QED) is 0.454. The molecule has 1 aromatic heterocycles. The van der Waals surface area contributed by atoms with Gasteiger partial charge in [-0.3, -0.25) is 9.59 Å². The number of benzene rings is 1. The zero-order valence-corrected chi connectivity index (χ0v) is 20.7. The third kappa shape index (κ3) is 7.11. The molecule has 2 heterocycles. The lowest BCUT2D eigenvalue weighted by atomic mass is 10.1. The number of nitrogens with one attached hydrogen (secondary N) is 2. The first-order valence-electron chi connectivity index (χ1n) is 10.2. The van der Waals surface area contributed by atoms with Gasteiger partial charge in [0.1, 0.15) is 17.5 Å². The number of hydrogen-bond acceptors (Lipinski definition) is 5. The van der Waals surface area contributed by atoms with E-state index in [1.165, 1.54) is 0 Å². The van der Waals surface area contributed by atoms with Crippen molar-refractivity contribution in [3.63, 3.8) is 0 Å². The first-order chi connectivity index (χ1) is 15.9. The lowest BCUT2D eigenvalue weighted by molar-refractivity contribution is -0.141. The van der Waals surface area contributed by atoms with Crippen molar-refractivity contribution in [3.05, 3.63) is 60.4 Å². The predicted molar refractivity (Wildman–Crippen MR) is 125 cm³/mol. The summed E-state index contributed by atoms with van der Waals surface area (Å²) in [6, 6.07) is 5.84. The van der Waals surface area contributed by atoms with Gasteiger partial charge in [-0.15, -0.1) is 0 Å². The molecule has 3 N–H and O–H groups in total. The Hall–Kier alpha value is -1.79. The van der Waals surface area contributed by atoms with E-state index in [2.05, 4.69) is 21.2 Å². The van der Waals surface area contributed by atoms with Crippen molar-refractivity contribution < 1.29 is 27.8 Å². The van der Waals surface area contributed by atoms with Crippen LogP contribution in [0.5, 0.6) is 5.75 Å². The van der Waals surface area contributed by atoms with Crippen molar-refractivity contribution >= 4 is 45.0 Å². The number of rotatable bonds is 7. The molecule has 3 rings (SSSR count). The summed E-state index contributed by atoms with van der Waals surface area (Å²) in [5, 5.41) is 13.4. The van der Waals surface area contributed by atoms with Gasteiger partial charge in [0.15, 0.2) is 0 Å². The molecule has 2 aromatic rings. The zero-order valence-electron chi connectivity index (χ0n) is 17.6. The molecule has 34 heavy (non-hydrogen) atoms. The minimum absolute atomic E-state index is 0.0372. The van der Waals surface area contributed by atoms with Crippen LogP contribution in [-0.4, -0.2) is 59.3 Å². The number of aromatic amines is 1. The molecule has 0 saturated carbocycles. The molecule has 1 unspecified atom stereocenters. The van der Waals surface area contributed by atoms with Gasteiger partial charge in [0, 0.05) is 32.2 Å². The lowest BCUT2D eigenvalue weighted by Gasteiger charge is -2.33. The number of halogens is 6. The number of aliphatic hydroxyl groups is 1. The number of aromatic nitrogens is 1. The van der Waals surface area contributed by atoms with Gasteiger partial charge in [0.25, 0.3) is 11.5 Å². The average molecular weight is 587 g/mol. The number of H-pyrrole nitrogens is 1. The second-order valence-electron chi connectivity index (χ2n) is 7.79. The van der Waals surface area contributed by atoms with Crippen LogP contribution >= 0.6 is 39.1 Å². The van der Waals surface area contributed by atoms with E-state index in [9.17, 15) is 27.9 Å². The Bertz CT molecular complexity index is 1090. The summed E-state index contributed by atoms with van der Waals surface area (Å²) in [6.07, 6.45) is -4.57. The summed E-state index contributed by atoms with van der Waals surface area (Å²) >= 11 is 14.7. The van der Waals surface area contributed by atoms with E-state index in [0.29, 0.717) is 41.7 Å². The number of nitrogens with zero attached hydrogens (tertiary/aromatic N) is 1. The van der Waals surface area contributed by atoms with Crippen LogP contribution in [0.4, 0.5) is 13.2 Å². The van der Waals surface area contributed by atoms with Crippen LogP contribution in [-0.2, 0) is 6.18 Å². The van der Waals surface area contributed by atoms with Crippen molar-refractivity contribution in [2.24, 2.45) is 0 Å². The van der Waals surface area contributed by atoms with Gasteiger partial charge in [-0.2, -0.15) is 13.2 Å². The van der Waals surface area contributed by atoms with E-state index in [0.717, 1.165) is 6.07 Å². The van der Waals surface area contributed by atoms with Crippen molar-refractivity contribution in [1.82, 2.24) is 15.2 Å². The number of ether oxygens (including phenoxy) is 1. The van der Waals surface area contributed by atoms with Crippen LogP contribution in [0.25, 0.3) is 0 Å². The fraction of sp³-hybridized carbons (Fsp3) is 0.429. The number of amides is 1. The standard InChI is InChI=1S/C21H21BrCl2F3N3O4/c22-15-8-14(18(21(25,26)27)29-20(15)33)19(32)28-9-11(31)10-30-5-3-12(4-6-30)34-13-1-2-16(23)17(24)7-13/h1-2,7-8,11-12,31H,3-6,9-10H2,(H,28,32)(H,29,33). The number of likely N-dealkylation sites (tertiary alicyclic amines) is 1. The topological polar surface area (TPSA) is 94.7 Å². The molecule has 0 spiro atoms. The van der Waals surface area contributed by atoms with Crippen LogP contribution in [0.15, 0.2) is 33.5 Å². The maximum Gasteiger partial charge on any atom is 0.432 e. The second kappa shape index (κ2) is 11.3. The number of aliphatic hydroxyl groups excluding tert-OH is 1. The largest absolute Gasteiger partial charge is 0.490 e. The van der Waals surface area contributed by atoms with E-state index < -0.39 is 35.0 Å². The minimum atomic E-state index is -4.92. The molecule has 1 aliphatic heterocycles.